The van der Waals surface area contributed by atoms with Crippen LogP contribution in [0.4, 0.5) is 19.0 Å². The standard InChI is InChI=1S/C22H22F3N5O2/c23-22(24,25)18-5-15-20(28-18)26-11-27-21(15)29-19-14-3-1-2-4-17(14)32-10-16(19)30-6-12-8-31-9-13(12)7-30/h1-5,11-13,16,19H,6-10H2,(H2,26,27,28,29)/t12-,13-,16?,19?/m1/s1. The molecule has 2 fully saturated rings. The molecule has 0 spiro atoms. The van der Waals surface area contributed by atoms with E-state index in [0.717, 1.165) is 43.7 Å². The molecule has 5 heterocycles. The minimum absolute atomic E-state index is 0.0153. The number of likely N-dealkylation sites (tertiary alicyclic amines) is 1. The zero-order valence-corrected chi connectivity index (χ0v) is 17.1. The molecule has 3 aromatic rings. The van der Waals surface area contributed by atoms with Crippen LogP contribution < -0.4 is 10.1 Å². The van der Waals surface area contributed by atoms with Crippen LogP contribution in [0.2, 0.25) is 0 Å². The normalized spacial score (nSPS) is 27.8. The summed E-state index contributed by atoms with van der Waals surface area (Å²) in [6.07, 6.45) is -3.21. The van der Waals surface area contributed by atoms with Crippen molar-refractivity contribution in [1.82, 2.24) is 19.9 Å². The van der Waals surface area contributed by atoms with Crippen molar-refractivity contribution in [3.63, 3.8) is 0 Å². The Balaban J connectivity index is 1.37. The van der Waals surface area contributed by atoms with Crippen molar-refractivity contribution in [2.24, 2.45) is 11.8 Å². The highest BCUT2D eigenvalue weighted by Crippen LogP contribution is 2.41. The number of para-hydroxylation sites is 1. The predicted molar refractivity (Wildman–Crippen MR) is 110 cm³/mol. The van der Waals surface area contributed by atoms with E-state index in [9.17, 15) is 13.2 Å². The maximum atomic E-state index is 13.3. The summed E-state index contributed by atoms with van der Waals surface area (Å²) in [6.45, 7) is 3.88. The largest absolute Gasteiger partial charge is 0.491 e. The fourth-order valence-electron chi connectivity index (χ4n) is 5.19. The maximum Gasteiger partial charge on any atom is 0.431 e. The van der Waals surface area contributed by atoms with Crippen LogP contribution in [0.5, 0.6) is 5.75 Å². The Morgan fingerprint density at radius 2 is 1.84 bits per heavy atom. The first kappa shape index (κ1) is 19.8. The van der Waals surface area contributed by atoms with Gasteiger partial charge in [-0.15, -0.1) is 0 Å². The van der Waals surface area contributed by atoms with E-state index >= 15 is 0 Å². The highest BCUT2D eigenvalue weighted by molar-refractivity contribution is 5.88. The average Bonchev–Trinajstić information content (AvgIpc) is 3.48. The molecular formula is C22H22F3N5O2. The second-order valence-corrected chi connectivity index (χ2v) is 8.72. The number of anilines is 1. The number of hydrogen-bond acceptors (Lipinski definition) is 6. The highest BCUT2D eigenvalue weighted by Gasteiger charge is 2.44. The molecule has 6 rings (SSSR count). The number of hydrogen-bond donors (Lipinski definition) is 2. The predicted octanol–water partition coefficient (Wildman–Crippen LogP) is 3.47. The molecule has 2 unspecified atom stereocenters. The number of halogens is 3. The van der Waals surface area contributed by atoms with Crippen LogP contribution in [-0.4, -0.2) is 58.8 Å². The zero-order chi connectivity index (χ0) is 21.9. The first-order valence-corrected chi connectivity index (χ1v) is 10.7. The number of aromatic nitrogens is 3. The van der Waals surface area contributed by atoms with Gasteiger partial charge in [0.1, 0.15) is 35.8 Å². The van der Waals surface area contributed by atoms with Crippen molar-refractivity contribution in [3.8, 4) is 5.75 Å². The Morgan fingerprint density at radius 3 is 2.62 bits per heavy atom. The molecule has 2 aromatic heterocycles. The number of H-pyrrole nitrogens is 1. The van der Waals surface area contributed by atoms with E-state index in [0.29, 0.717) is 29.6 Å². The van der Waals surface area contributed by atoms with E-state index in [1.54, 1.807) is 0 Å². The van der Waals surface area contributed by atoms with Crippen LogP contribution in [0.1, 0.15) is 17.3 Å². The van der Waals surface area contributed by atoms with Crippen molar-refractivity contribution in [1.29, 1.82) is 0 Å². The molecule has 0 aliphatic carbocycles. The van der Waals surface area contributed by atoms with Gasteiger partial charge in [-0.25, -0.2) is 9.97 Å². The van der Waals surface area contributed by atoms with Crippen LogP contribution in [0.15, 0.2) is 36.7 Å². The molecule has 32 heavy (non-hydrogen) atoms. The fourth-order valence-corrected chi connectivity index (χ4v) is 5.19. The minimum atomic E-state index is -4.48. The topological polar surface area (TPSA) is 75.3 Å². The van der Waals surface area contributed by atoms with Crippen LogP contribution >= 0.6 is 0 Å². The Kier molecular flexibility index (Phi) is 4.55. The van der Waals surface area contributed by atoms with Crippen molar-refractivity contribution < 1.29 is 22.6 Å². The number of fused-ring (bicyclic) bond motifs is 3. The summed E-state index contributed by atoms with van der Waals surface area (Å²) in [6, 6.07) is 8.66. The Bertz CT molecular complexity index is 1140. The summed E-state index contributed by atoms with van der Waals surface area (Å²) in [5, 5.41) is 3.76. The van der Waals surface area contributed by atoms with Gasteiger partial charge in [-0.3, -0.25) is 4.90 Å². The van der Waals surface area contributed by atoms with Gasteiger partial charge in [-0.1, -0.05) is 18.2 Å². The van der Waals surface area contributed by atoms with Crippen LogP contribution in [0, 0.1) is 11.8 Å². The number of alkyl halides is 3. The van der Waals surface area contributed by atoms with Gasteiger partial charge in [0, 0.05) is 30.5 Å². The van der Waals surface area contributed by atoms with Crippen LogP contribution in [-0.2, 0) is 10.9 Å². The van der Waals surface area contributed by atoms with E-state index in [1.165, 1.54) is 6.33 Å². The molecule has 0 radical (unpaired) electrons. The molecular weight excluding hydrogens is 423 g/mol. The van der Waals surface area contributed by atoms with Gasteiger partial charge in [0.15, 0.2) is 0 Å². The summed E-state index contributed by atoms with van der Waals surface area (Å²) in [5.41, 5.74) is 0.280. The molecule has 0 saturated carbocycles. The van der Waals surface area contributed by atoms with E-state index in [1.807, 2.05) is 24.3 Å². The number of nitrogens with one attached hydrogen (secondary N) is 2. The highest BCUT2D eigenvalue weighted by atomic mass is 19.4. The summed E-state index contributed by atoms with van der Waals surface area (Å²) in [4.78, 5) is 13.1. The lowest BCUT2D eigenvalue weighted by atomic mass is 9.95. The molecule has 0 amide bonds. The van der Waals surface area contributed by atoms with E-state index in [-0.39, 0.29) is 17.7 Å². The monoisotopic (exact) mass is 445 g/mol. The van der Waals surface area contributed by atoms with Crippen molar-refractivity contribution >= 4 is 16.9 Å². The van der Waals surface area contributed by atoms with Gasteiger partial charge < -0.3 is 19.8 Å². The van der Waals surface area contributed by atoms with E-state index < -0.39 is 11.9 Å². The molecule has 2 N–H and O–H groups in total. The third-order valence-corrected chi connectivity index (χ3v) is 6.81. The molecule has 0 bridgehead atoms. The summed E-state index contributed by atoms with van der Waals surface area (Å²) in [7, 11) is 0. The number of aromatic amines is 1. The fraction of sp³-hybridized carbons (Fsp3) is 0.455. The second-order valence-electron chi connectivity index (χ2n) is 8.72. The number of benzene rings is 1. The van der Waals surface area contributed by atoms with Crippen LogP contribution in [0.25, 0.3) is 11.0 Å². The quantitative estimate of drug-likeness (QED) is 0.643. The maximum absolute atomic E-state index is 13.3. The lowest BCUT2D eigenvalue weighted by Gasteiger charge is -2.39. The van der Waals surface area contributed by atoms with Crippen molar-refractivity contribution in [2.45, 2.75) is 18.3 Å². The van der Waals surface area contributed by atoms with E-state index in [2.05, 4.69) is 25.2 Å². The number of ether oxygens (including phenoxy) is 2. The Labute approximate surface area is 181 Å². The molecule has 3 aliphatic rings. The third kappa shape index (κ3) is 3.29. The van der Waals surface area contributed by atoms with Gasteiger partial charge in [0.25, 0.3) is 0 Å². The van der Waals surface area contributed by atoms with Gasteiger partial charge in [-0.2, -0.15) is 13.2 Å². The van der Waals surface area contributed by atoms with Crippen LogP contribution in [0.3, 0.4) is 0 Å². The van der Waals surface area contributed by atoms with E-state index in [4.69, 9.17) is 9.47 Å². The lowest BCUT2D eigenvalue weighted by molar-refractivity contribution is -0.140. The smallest absolute Gasteiger partial charge is 0.431 e. The molecule has 10 heteroatoms. The Morgan fingerprint density at radius 1 is 1.06 bits per heavy atom. The molecule has 1 aromatic carbocycles. The van der Waals surface area contributed by atoms with Gasteiger partial charge in [0.05, 0.1) is 30.7 Å². The summed E-state index contributed by atoms with van der Waals surface area (Å²) in [5.74, 6) is 2.17. The second kappa shape index (κ2) is 7.35. The first-order valence-electron chi connectivity index (χ1n) is 10.7. The molecule has 168 valence electrons. The average molecular weight is 445 g/mol. The summed E-state index contributed by atoms with van der Waals surface area (Å²) < 4.78 is 51.5. The minimum Gasteiger partial charge on any atom is -0.491 e. The van der Waals surface area contributed by atoms with Gasteiger partial charge in [-0.05, 0) is 12.1 Å². The first-order chi connectivity index (χ1) is 15.5. The molecule has 7 nitrogen and oxygen atoms in total. The SMILES string of the molecule is FC(F)(F)c1cc2c(NC3c4ccccc4OCC3N3C[C@@H]4COC[C@H]4C3)ncnc2[nH]1. The van der Waals surface area contributed by atoms with Gasteiger partial charge >= 0.3 is 6.18 Å². The third-order valence-electron chi connectivity index (χ3n) is 6.81. The molecule has 3 aliphatic heterocycles. The summed E-state index contributed by atoms with van der Waals surface area (Å²) >= 11 is 0. The molecule has 4 atom stereocenters. The van der Waals surface area contributed by atoms with Gasteiger partial charge in [0.2, 0.25) is 0 Å². The van der Waals surface area contributed by atoms with Crippen molar-refractivity contribution in [2.75, 3.05) is 38.2 Å². The number of nitrogens with zero attached hydrogens (tertiary/aromatic N) is 3. The Hall–Kier alpha value is -2.85. The molecule has 2 saturated heterocycles. The van der Waals surface area contributed by atoms with Crippen molar-refractivity contribution in [3.05, 3.63) is 47.9 Å². The zero-order valence-electron chi connectivity index (χ0n) is 17.1. The number of rotatable bonds is 3. The lowest BCUT2D eigenvalue weighted by Crippen LogP contribution is -2.47.